The standard InChI is InChI=1S/C20H30ClNO/c1-19(2)15-18(9-14-23-19)22-13-12-20(10-3-4-11-20)16-5-7-17(21)8-6-16/h5-8,18,22H,3-4,9-15H2,1-2H3/t18-/m0/s1. The molecule has 2 fully saturated rings. The van der Waals surface area contributed by atoms with E-state index in [-0.39, 0.29) is 5.60 Å². The molecule has 0 bridgehead atoms. The van der Waals surface area contributed by atoms with Crippen LogP contribution >= 0.6 is 11.6 Å². The van der Waals surface area contributed by atoms with Gasteiger partial charge in [0, 0.05) is 17.7 Å². The Morgan fingerprint density at radius 1 is 1.17 bits per heavy atom. The van der Waals surface area contributed by atoms with Crippen LogP contribution in [0.2, 0.25) is 5.02 Å². The lowest BCUT2D eigenvalue weighted by molar-refractivity contribution is -0.0629. The molecule has 2 nitrogen and oxygen atoms in total. The van der Waals surface area contributed by atoms with E-state index in [0.717, 1.165) is 31.0 Å². The summed E-state index contributed by atoms with van der Waals surface area (Å²) in [7, 11) is 0. The molecule has 1 atom stereocenters. The Hall–Kier alpha value is -0.570. The van der Waals surface area contributed by atoms with Gasteiger partial charge in [0.15, 0.2) is 0 Å². The molecule has 1 aliphatic heterocycles. The Kier molecular flexibility index (Phi) is 5.35. The van der Waals surface area contributed by atoms with E-state index >= 15 is 0 Å². The lowest BCUT2D eigenvalue weighted by Crippen LogP contribution is -2.44. The van der Waals surface area contributed by atoms with Gasteiger partial charge in [0.25, 0.3) is 0 Å². The topological polar surface area (TPSA) is 21.3 Å². The third-order valence-corrected chi connectivity index (χ3v) is 6.00. The predicted octanol–water partition coefficient (Wildman–Crippen LogP) is 5.09. The number of ether oxygens (including phenoxy) is 1. The van der Waals surface area contributed by atoms with E-state index < -0.39 is 0 Å². The lowest BCUT2D eigenvalue weighted by Gasteiger charge is -2.37. The second-order valence-corrected chi connectivity index (χ2v) is 8.43. The van der Waals surface area contributed by atoms with Crippen LogP contribution in [0.4, 0.5) is 0 Å². The van der Waals surface area contributed by atoms with E-state index in [9.17, 15) is 0 Å². The quantitative estimate of drug-likeness (QED) is 0.809. The molecule has 1 N–H and O–H groups in total. The van der Waals surface area contributed by atoms with E-state index in [1.54, 1.807) is 0 Å². The fourth-order valence-corrected chi connectivity index (χ4v) is 4.59. The van der Waals surface area contributed by atoms with Crippen molar-refractivity contribution in [1.82, 2.24) is 5.32 Å². The van der Waals surface area contributed by atoms with E-state index in [2.05, 4.69) is 31.3 Å². The fourth-order valence-electron chi connectivity index (χ4n) is 4.46. The number of benzene rings is 1. The van der Waals surface area contributed by atoms with Crippen LogP contribution in [0.25, 0.3) is 0 Å². The van der Waals surface area contributed by atoms with E-state index in [4.69, 9.17) is 16.3 Å². The van der Waals surface area contributed by atoms with E-state index in [1.807, 2.05) is 12.1 Å². The second kappa shape index (κ2) is 7.13. The number of halogens is 1. The molecule has 0 amide bonds. The summed E-state index contributed by atoms with van der Waals surface area (Å²) in [5.74, 6) is 0. The first-order valence-electron chi connectivity index (χ1n) is 9.13. The lowest BCUT2D eigenvalue weighted by atomic mass is 9.76. The predicted molar refractivity (Wildman–Crippen MR) is 97.3 cm³/mol. The van der Waals surface area contributed by atoms with Crippen molar-refractivity contribution in [1.29, 1.82) is 0 Å². The molecular weight excluding hydrogens is 306 g/mol. The Morgan fingerprint density at radius 2 is 1.87 bits per heavy atom. The minimum Gasteiger partial charge on any atom is -0.375 e. The van der Waals surface area contributed by atoms with Gasteiger partial charge in [-0.1, -0.05) is 36.6 Å². The first kappa shape index (κ1) is 17.3. The molecule has 1 saturated carbocycles. The molecule has 1 heterocycles. The summed E-state index contributed by atoms with van der Waals surface area (Å²) in [5.41, 5.74) is 1.86. The Balaban J connectivity index is 1.59. The van der Waals surface area contributed by atoms with Crippen molar-refractivity contribution in [3.63, 3.8) is 0 Å². The molecule has 0 spiro atoms. The smallest absolute Gasteiger partial charge is 0.0641 e. The zero-order valence-corrected chi connectivity index (χ0v) is 15.3. The maximum atomic E-state index is 6.07. The largest absolute Gasteiger partial charge is 0.375 e. The summed E-state index contributed by atoms with van der Waals surface area (Å²) in [6.45, 7) is 6.39. The average Bonchev–Trinajstić information content (AvgIpc) is 2.97. The molecule has 3 rings (SSSR count). The van der Waals surface area contributed by atoms with Gasteiger partial charge < -0.3 is 10.1 Å². The molecule has 23 heavy (non-hydrogen) atoms. The van der Waals surface area contributed by atoms with Crippen molar-refractivity contribution in [2.75, 3.05) is 13.2 Å². The van der Waals surface area contributed by atoms with Crippen LogP contribution in [0.5, 0.6) is 0 Å². The van der Waals surface area contributed by atoms with Crippen molar-refractivity contribution < 1.29 is 4.74 Å². The molecular formula is C20H30ClNO. The molecule has 128 valence electrons. The van der Waals surface area contributed by atoms with E-state index in [1.165, 1.54) is 37.7 Å². The molecule has 1 saturated heterocycles. The summed E-state index contributed by atoms with van der Waals surface area (Å²) < 4.78 is 5.82. The number of rotatable bonds is 5. The SMILES string of the molecule is CC1(C)C[C@@H](NCCC2(c3ccc(Cl)cc3)CCCC2)CCO1. The Morgan fingerprint density at radius 3 is 2.52 bits per heavy atom. The third-order valence-electron chi connectivity index (χ3n) is 5.75. The summed E-state index contributed by atoms with van der Waals surface area (Å²) in [4.78, 5) is 0. The van der Waals surface area contributed by atoms with Gasteiger partial charge in [-0.05, 0) is 75.6 Å². The van der Waals surface area contributed by atoms with Crippen LogP contribution in [0, 0.1) is 0 Å². The van der Waals surface area contributed by atoms with Crippen molar-refractivity contribution in [2.45, 2.75) is 75.9 Å². The van der Waals surface area contributed by atoms with Crippen LogP contribution in [-0.2, 0) is 10.2 Å². The molecule has 1 aromatic rings. The molecule has 2 aliphatic rings. The van der Waals surface area contributed by atoms with Crippen molar-refractivity contribution in [2.24, 2.45) is 0 Å². The highest BCUT2D eigenvalue weighted by atomic mass is 35.5. The molecule has 0 aromatic heterocycles. The average molecular weight is 336 g/mol. The van der Waals surface area contributed by atoms with Crippen LogP contribution in [0.15, 0.2) is 24.3 Å². The Labute approximate surface area is 145 Å². The first-order chi connectivity index (χ1) is 11.0. The summed E-state index contributed by atoms with van der Waals surface area (Å²) >= 11 is 6.07. The monoisotopic (exact) mass is 335 g/mol. The van der Waals surface area contributed by atoms with Gasteiger partial charge in [0.05, 0.1) is 5.60 Å². The van der Waals surface area contributed by atoms with Gasteiger partial charge in [-0.15, -0.1) is 0 Å². The van der Waals surface area contributed by atoms with Gasteiger partial charge in [0.1, 0.15) is 0 Å². The van der Waals surface area contributed by atoms with Gasteiger partial charge in [-0.3, -0.25) is 0 Å². The highest BCUT2D eigenvalue weighted by Crippen LogP contribution is 2.44. The third kappa shape index (κ3) is 4.29. The van der Waals surface area contributed by atoms with Gasteiger partial charge >= 0.3 is 0 Å². The van der Waals surface area contributed by atoms with Crippen molar-refractivity contribution >= 4 is 11.6 Å². The number of hydrogen-bond donors (Lipinski definition) is 1. The van der Waals surface area contributed by atoms with Gasteiger partial charge in [-0.25, -0.2) is 0 Å². The van der Waals surface area contributed by atoms with Gasteiger partial charge in [-0.2, -0.15) is 0 Å². The summed E-state index contributed by atoms with van der Waals surface area (Å²) in [6, 6.07) is 9.18. The minimum atomic E-state index is 0.0249. The molecule has 0 radical (unpaired) electrons. The number of hydrogen-bond acceptors (Lipinski definition) is 2. The maximum absolute atomic E-state index is 6.07. The van der Waals surface area contributed by atoms with Crippen LogP contribution in [0.3, 0.4) is 0 Å². The molecule has 0 unspecified atom stereocenters. The number of nitrogens with one attached hydrogen (secondary N) is 1. The highest BCUT2D eigenvalue weighted by molar-refractivity contribution is 6.30. The van der Waals surface area contributed by atoms with Crippen LogP contribution in [-0.4, -0.2) is 24.8 Å². The molecule has 1 aliphatic carbocycles. The fraction of sp³-hybridized carbons (Fsp3) is 0.700. The Bertz CT molecular complexity index is 505. The highest BCUT2D eigenvalue weighted by Gasteiger charge is 2.35. The second-order valence-electron chi connectivity index (χ2n) is 8.00. The summed E-state index contributed by atoms with van der Waals surface area (Å²) in [6.07, 6.45) is 8.82. The zero-order valence-electron chi connectivity index (χ0n) is 14.5. The zero-order chi connectivity index (χ0) is 16.3. The first-order valence-corrected chi connectivity index (χ1v) is 9.50. The van der Waals surface area contributed by atoms with Crippen molar-refractivity contribution in [3.05, 3.63) is 34.9 Å². The maximum Gasteiger partial charge on any atom is 0.0641 e. The minimum absolute atomic E-state index is 0.0249. The summed E-state index contributed by atoms with van der Waals surface area (Å²) in [5, 5.41) is 4.64. The molecule has 1 aromatic carbocycles. The van der Waals surface area contributed by atoms with Crippen LogP contribution in [0.1, 0.15) is 64.4 Å². The van der Waals surface area contributed by atoms with Gasteiger partial charge in [0.2, 0.25) is 0 Å². The van der Waals surface area contributed by atoms with E-state index in [0.29, 0.717) is 11.5 Å². The van der Waals surface area contributed by atoms with Crippen molar-refractivity contribution in [3.8, 4) is 0 Å². The van der Waals surface area contributed by atoms with Crippen LogP contribution < -0.4 is 5.32 Å². The normalized spacial score (nSPS) is 26.3. The molecule has 3 heteroatoms.